The highest BCUT2D eigenvalue weighted by Crippen LogP contribution is 2.41. The average Bonchev–Trinajstić information content (AvgIpc) is 2.73. The van der Waals surface area contributed by atoms with Crippen molar-refractivity contribution in [1.82, 2.24) is 10.6 Å². The summed E-state index contributed by atoms with van der Waals surface area (Å²) in [6, 6.07) is 5.54. The van der Waals surface area contributed by atoms with Gasteiger partial charge < -0.3 is 10.6 Å². The van der Waals surface area contributed by atoms with Gasteiger partial charge >= 0.3 is 12.4 Å². The van der Waals surface area contributed by atoms with Gasteiger partial charge in [-0.1, -0.05) is 53.0 Å². The van der Waals surface area contributed by atoms with Gasteiger partial charge in [0.15, 0.2) is 0 Å². The van der Waals surface area contributed by atoms with Crippen LogP contribution >= 0.6 is 50.7 Å². The Morgan fingerprint density at radius 2 is 1.62 bits per heavy atom. The minimum absolute atomic E-state index is 0.0622. The van der Waals surface area contributed by atoms with E-state index in [4.69, 9.17) is 34.8 Å². The summed E-state index contributed by atoms with van der Waals surface area (Å²) in [5, 5.41) is 4.27. The number of amides is 2. The molecule has 0 aliphatic heterocycles. The molecule has 0 saturated heterocycles. The van der Waals surface area contributed by atoms with E-state index >= 15 is 0 Å². The minimum atomic E-state index is -4.67. The molecule has 0 aromatic heterocycles. The Kier molecular flexibility index (Phi) is 10.8. The number of allylic oxidation sites excluding steroid dienone is 1. The zero-order valence-electron chi connectivity index (χ0n) is 18.7. The van der Waals surface area contributed by atoms with Crippen molar-refractivity contribution in [3.63, 3.8) is 0 Å². The van der Waals surface area contributed by atoms with Gasteiger partial charge in [-0.15, -0.1) is 0 Å². The third-order valence-electron chi connectivity index (χ3n) is 4.77. The standard InChI is InChI=1S/C23H18BrCl3F6N2O2/c1-11(35-19(36)9-22(28,29)30)10-34-21(37)14-4-2-12(6-16(14)24)3-5-15(23(31,32)33)13-7-17(25)20(27)18(26)8-13/h2-8,11,15H,9-10H2,1H3,(H,34,37)(H,35,36)/b5-3+. The molecule has 4 nitrogen and oxygen atoms in total. The first-order valence-corrected chi connectivity index (χ1v) is 12.2. The quantitative estimate of drug-likeness (QED) is 0.224. The molecule has 2 aromatic carbocycles. The predicted molar refractivity (Wildman–Crippen MR) is 134 cm³/mol. The number of halogens is 10. The number of carbonyl (C=O) groups excluding carboxylic acids is 2. The van der Waals surface area contributed by atoms with E-state index in [2.05, 4.69) is 26.6 Å². The van der Waals surface area contributed by atoms with Crippen LogP contribution in [0.4, 0.5) is 26.3 Å². The Balaban J connectivity index is 2.11. The average molecular weight is 655 g/mol. The SMILES string of the molecule is CC(CNC(=O)c1ccc(/C=C/C(c2cc(Cl)c(Cl)c(Cl)c2)C(F)(F)F)cc1Br)NC(=O)CC(F)(F)F. The second-order valence-electron chi connectivity index (χ2n) is 7.89. The molecule has 0 aliphatic rings. The maximum Gasteiger partial charge on any atom is 0.399 e. The molecule has 0 fully saturated rings. The monoisotopic (exact) mass is 652 g/mol. The zero-order chi connectivity index (χ0) is 28.1. The van der Waals surface area contributed by atoms with Crippen LogP contribution in [0.1, 0.15) is 40.7 Å². The highest BCUT2D eigenvalue weighted by atomic mass is 79.9. The van der Waals surface area contributed by atoms with Crippen molar-refractivity contribution >= 4 is 68.6 Å². The number of nitrogens with one attached hydrogen (secondary N) is 2. The molecule has 0 saturated carbocycles. The van der Waals surface area contributed by atoms with Crippen LogP contribution < -0.4 is 10.6 Å². The first-order chi connectivity index (χ1) is 17.0. The van der Waals surface area contributed by atoms with E-state index in [-0.39, 0.29) is 37.2 Å². The van der Waals surface area contributed by atoms with E-state index in [1.54, 1.807) is 0 Å². The van der Waals surface area contributed by atoms with E-state index in [9.17, 15) is 35.9 Å². The lowest BCUT2D eigenvalue weighted by molar-refractivity contribution is -0.154. The summed E-state index contributed by atoms with van der Waals surface area (Å²) >= 11 is 20.8. The van der Waals surface area contributed by atoms with Crippen LogP contribution in [0.15, 0.2) is 40.9 Å². The minimum Gasteiger partial charge on any atom is -0.352 e. The van der Waals surface area contributed by atoms with Crippen LogP contribution in [-0.2, 0) is 4.79 Å². The van der Waals surface area contributed by atoms with E-state index < -0.39 is 42.5 Å². The number of alkyl halides is 6. The molecule has 0 bridgehead atoms. The second-order valence-corrected chi connectivity index (χ2v) is 9.93. The predicted octanol–water partition coefficient (Wildman–Crippen LogP) is 7.96. The van der Waals surface area contributed by atoms with Gasteiger partial charge in [-0.2, -0.15) is 26.3 Å². The first-order valence-electron chi connectivity index (χ1n) is 10.3. The molecule has 0 heterocycles. The third kappa shape index (κ3) is 9.70. The maximum atomic E-state index is 13.7. The lowest BCUT2D eigenvalue weighted by atomic mass is 9.97. The van der Waals surface area contributed by atoms with Crippen LogP contribution in [0.5, 0.6) is 0 Å². The van der Waals surface area contributed by atoms with Crippen molar-refractivity contribution in [2.45, 2.75) is 37.7 Å². The lowest BCUT2D eigenvalue weighted by Gasteiger charge is -2.18. The van der Waals surface area contributed by atoms with Crippen molar-refractivity contribution in [3.8, 4) is 0 Å². The fourth-order valence-corrected chi connectivity index (χ4v) is 4.28. The molecular formula is C23H18BrCl3F6N2O2. The van der Waals surface area contributed by atoms with Gasteiger partial charge in [0, 0.05) is 17.1 Å². The van der Waals surface area contributed by atoms with E-state index in [0.29, 0.717) is 5.56 Å². The van der Waals surface area contributed by atoms with Crippen LogP contribution in [0.25, 0.3) is 6.08 Å². The molecule has 2 rings (SSSR count). The van der Waals surface area contributed by atoms with Crippen molar-refractivity contribution in [2.75, 3.05) is 6.54 Å². The Morgan fingerprint density at radius 3 is 2.14 bits per heavy atom. The Hall–Kier alpha value is -1.95. The molecule has 14 heteroatoms. The summed E-state index contributed by atoms with van der Waals surface area (Å²) in [7, 11) is 0. The van der Waals surface area contributed by atoms with Gasteiger partial charge in [-0.3, -0.25) is 9.59 Å². The maximum absolute atomic E-state index is 13.7. The summed E-state index contributed by atoms with van der Waals surface area (Å²) in [4.78, 5) is 23.8. The van der Waals surface area contributed by atoms with Crippen molar-refractivity contribution in [1.29, 1.82) is 0 Å². The van der Waals surface area contributed by atoms with Gasteiger partial charge in [0.2, 0.25) is 5.91 Å². The fraction of sp³-hybridized carbons (Fsp3) is 0.304. The highest BCUT2D eigenvalue weighted by molar-refractivity contribution is 9.10. The number of benzene rings is 2. The molecule has 2 aromatic rings. The third-order valence-corrected chi connectivity index (χ3v) is 6.63. The van der Waals surface area contributed by atoms with E-state index in [1.165, 1.54) is 31.2 Å². The largest absolute Gasteiger partial charge is 0.399 e. The Bertz CT molecular complexity index is 1170. The summed E-state index contributed by atoms with van der Waals surface area (Å²) < 4.78 is 78.1. The molecule has 2 N–H and O–H groups in total. The first kappa shape index (κ1) is 31.3. The van der Waals surface area contributed by atoms with Crippen LogP contribution in [-0.4, -0.2) is 36.8 Å². The number of hydrogen-bond donors (Lipinski definition) is 2. The number of carbonyl (C=O) groups is 2. The van der Waals surface area contributed by atoms with E-state index in [0.717, 1.165) is 18.2 Å². The smallest absolute Gasteiger partial charge is 0.352 e. The highest BCUT2D eigenvalue weighted by Gasteiger charge is 2.39. The van der Waals surface area contributed by atoms with Crippen molar-refractivity contribution in [2.24, 2.45) is 0 Å². The van der Waals surface area contributed by atoms with E-state index in [1.807, 2.05) is 0 Å². The lowest BCUT2D eigenvalue weighted by Crippen LogP contribution is -2.43. The molecule has 0 radical (unpaired) electrons. The van der Waals surface area contributed by atoms with Crippen LogP contribution in [0.3, 0.4) is 0 Å². The van der Waals surface area contributed by atoms with Crippen LogP contribution in [0.2, 0.25) is 15.1 Å². The fourth-order valence-electron chi connectivity index (χ4n) is 3.09. The summed E-state index contributed by atoms with van der Waals surface area (Å²) in [6.07, 6.45) is -8.84. The molecule has 202 valence electrons. The van der Waals surface area contributed by atoms with Gasteiger partial charge in [0.25, 0.3) is 5.91 Å². The van der Waals surface area contributed by atoms with Gasteiger partial charge in [0.1, 0.15) is 6.42 Å². The molecule has 2 unspecified atom stereocenters. The summed E-state index contributed by atoms with van der Waals surface area (Å²) in [5.41, 5.74) is 0.237. The molecule has 2 amide bonds. The molecule has 37 heavy (non-hydrogen) atoms. The topological polar surface area (TPSA) is 58.2 Å². The normalized spacial score (nSPS) is 13.9. The molecule has 2 atom stereocenters. The van der Waals surface area contributed by atoms with Crippen LogP contribution in [0, 0.1) is 0 Å². The summed E-state index contributed by atoms with van der Waals surface area (Å²) in [5.74, 6) is -3.89. The summed E-state index contributed by atoms with van der Waals surface area (Å²) in [6.45, 7) is 1.26. The Morgan fingerprint density at radius 1 is 1.03 bits per heavy atom. The molecule has 0 aliphatic carbocycles. The second kappa shape index (κ2) is 12.7. The molecular weight excluding hydrogens is 637 g/mol. The zero-order valence-corrected chi connectivity index (χ0v) is 22.6. The van der Waals surface area contributed by atoms with Gasteiger partial charge in [-0.05, 0) is 58.2 Å². The van der Waals surface area contributed by atoms with Gasteiger partial charge in [0.05, 0.1) is 26.5 Å². The number of hydrogen-bond acceptors (Lipinski definition) is 2. The van der Waals surface area contributed by atoms with Crippen molar-refractivity contribution < 1.29 is 35.9 Å². The Labute approximate surface area is 231 Å². The number of rotatable bonds is 8. The van der Waals surface area contributed by atoms with Gasteiger partial charge in [-0.25, -0.2) is 0 Å². The molecule has 0 spiro atoms. The van der Waals surface area contributed by atoms with Crippen molar-refractivity contribution in [3.05, 3.63) is 72.6 Å².